The molecule has 1 unspecified atom stereocenters. The highest BCUT2D eigenvalue weighted by Crippen LogP contribution is 2.26. The Balaban J connectivity index is 2.13. The topological polar surface area (TPSA) is 49.3 Å². The number of aliphatic hydroxyl groups is 1. The van der Waals surface area contributed by atoms with Crippen molar-refractivity contribution in [2.45, 2.75) is 23.7 Å². The normalized spacial score (nSPS) is 12.2. The van der Waals surface area contributed by atoms with E-state index in [1.165, 1.54) is 24.3 Å². The van der Waals surface area contributed by atoms with E-state index in [4.69, 9.17) is 0 Å². The lowest BCUT2D eigenvalue weighted by molar-refractivity contribution is 0.102. The Labute approximate surface area is 131 Å². The highest BCUT2D eigenvalue weighted by atomic mass is 32.2. The van der Waals surface area contributed by atoms with Crippen LogP contribution in [0.3, 0.4) is 0 Å². The van der Waals surface area contributed by atoms with Crippen molar-refractivity contribution in [3.63, 3.8) is 0 Å². The molecule has 0 aromatic heterocycles. The number of para-hydroxylation sites is 1. The molecule has 0 fully saturated rings. The Morgan fingerprint density at radius 3 is 2.36 bits per heavy atom. The fraction of sp³-hybridized carbons (Fsp3) is 0.188. The first-order valence-corrected chi connectivity index (χ1v) is 7.48. The van der Waals surface area contributed by atoms with Crippen LogP contribution in [0.4, 0.5) is 14.5 Å². The molecule has 0 aliphatic rings. The van der Waals surface area contributed by atoms with Gasteiger partial charge in [-0.1, -0.05) is 30.0 Å². The van der Waals surface area contributed by atoms with Crippen molar-refractivity contribution in [1.29, 1.82) is 0 Å². The van der Waals surface area contributed by atoms with Crippen molar-refractivity contribution in [1.82, 2.24) is 0 Å². The van der Waals surface area contributed by atoms with Gasteiger partial charge in [-0.25, -0.2) is 0 Å². The van der Waals surface area contributed by atoms with Crippen LogP contribution in [0, 0.1) is 0 Å². The molecule has 0 saturated carbocycles. The van der Waals surface area contributed by atoms with Crippen molar-refractivity contribution in [2.75, 3.05) is 5.32 Å². The lowest BCUT2D eigenvalue weighted by Gasteiger charge is -2.13. The lowest BCUT2D eigenvalue weighted by Crippen LogP contribution is -2.13. The number of benzene rings is 2. The molecule has 0 spiro atoms. The maximum atomic E-state index is 12.2. The number of halogens is 2. The Morgan fingerprint density at radius 1 is 1.14 bits per heavy atom. The molecule has 0 radical (unpaired) electrons. The van der Waals surface area contributed by atoms with E-state index in [-0.39, 0.29) is 5.91 Å². The summed E-state index contributed by atoms with van der Waals surface area (Å²) >= 11 is 0.431. The summed E-state index contributed by atoms with van der Waals surface area (Å²) in [4.78, 5) is 12.6. The zero-order valence-electron chi connectivity index (χ0n) is 11.8. The standard InChI is InChI=1S/C16H15F2NO2S/c1-10(20)13-4-2-3-5-14(13)19-15(21)11-6-8-12(9-7-11)22-16(17)18/h2-10,16,20H,1H3,(H,19,21). The van der Waals surface area contributed by atoms with E-state index < -0.39 is 11.9 Å². The smallest absolute Gasteiger partial charge is 0.288 e. The third-order valence-electron chi connectivity index (χ3n) is 3.00. The number of amides is 1. The lowest BCUT2D eigenvalue weighted by atomic mass is 10.1. The van der Waals surface area contributed by atoms with E-state index in [2.05, 4.69) is 5.32 Å². The summed E-state index contributed by atoms with van der Waals surface area (Å²) < 4.78 is 24.5. The Kier molecular flexibility index (Phi) is 5.51. The van der Waals surface area contributed by atoms with E-state index in [0.29, 0.717) is 33.5 Å². The number of carbonyl (C=O) groups is 1. The number of thioether (sulfide) groups is 1. The van der Waals surface area contributed by atoms with Gasteiger partial charge in [0.2, 0.25) is 0 Å². The summed E-state index contributed by atoms with van der Waals surface area (Å²) in [5.41, 5.74) is 1.49. The highest BCUT2D eigenvalue weighted by Gasteiger charge is 2.12. The first kappa shape index (κ1) is 16.5. The van der Waals surface area contributed by atoms with E-state index in [1.807, 2.05) is 0 Å². The van der Waals surface area contributed by atoms with Crippen LogP contribution in [-0.2, 0) is 0 Å². The largest absolute Gasteiger partial charge is 0.389 e. The second kappa shape index (κ2) is 7.38. The van der Waals surface area contributed by atoms with Crippen LogP contribution in [-0.4, -0.2) is 16.8 Å². The molecular formula is C16H15F2NO2S. The van der Waals surface area contributed by atoms with Gasteiger partial charge < -0.3 is 10.4 Å². The van der Waals surface area contributed by atoms with Gasteiger partial charge in [0.25, 0.3) is 11.7 Å². The molecular weight excluding hydrogens is 308 g/mol. The summed E-state index contributed by atoms with van der Waals surface area (Å²) in [5, 5.41) is 12.4. The fourth-order valence-corrected chi connectivity index (χ4v) is 2.46. The average molecular weight is 323 g/mol. The number of aliphatic hydroxyl groups excluding tert-OH is 1. The minimum absolute atomic E-state index is 0.360. The van der Waals surface area contributed by atoms with E-state index >= 15 is 0 Å². The zero-order valence-corrected chi connectivity index (χ0v) is 12.6. The summed E-state index contributed by atoms with van der Waals surface area (Å²) in [7, 11) is 0. The van der Waals surface area contributed by atoms with Crippen molar-refractivity contribution in [3.05, 3.63) is 59.7 Å². The predicted octanol–water partition coefficient (Wildman–Crippen LogP) is 4.31. The van der Waals surface area contributed by atoms with Crippen LogP contribution in [0.1, 0.15) is 28.9 Å². The van der Waals surface area contributed by atoms with Gasteiger partial charge in [0.15, 0.2) is 0 Å². The molecule has 3 nitrogen and oxygen atoms in total. The Morgan fingerprint density at radius 2 is 1.77 bits per heavy atom. The molecule has 2 aromatic rings. The van der Waals surface area contributed by atoms with Crippen LogP contribution >= 0.6 is 11.8 Å². The van der Waals surface area contributed by atoms with Crippen LogP contribution in [0.5, 0.6) is 0 Å². The second-order valence-corrected chi connectivity index (χ2v) is 5.68. The molecule has 2 rings (SSSR count). The Bertz CT molecular complexity index is 645. The number of hydrogen-bond acceptors (Lipinski definition) is 3. The first-order chi connectivity index (χ1) is 10.5. The van der Waals surface area contributed by atoms with Gasteiger partial charge in [0.1, 0.15) is 0 Å². The summed E-state index contributed by atoms with van der Waals surface area (Å²) in [6, 6.07) is 12.9. The van der Waals surface area contributed by atoms with Gasteiger partial charge in [-0.15, -0.1) is 0 Å². The van der Waals surface area contributed by atoms with Gasteiger partial charge >= 0.3 is 0 Å². The molecule has 1 atom stereocenters. The van der Waals surface area contributed by atoms with Crippen LogP contribution in [0.25, 0.3) is 0 Å². The molecule has 22 heavy (non-hydrogen) atoms. The molecule has 6 heteroatoms. The number of hydrogen-bond donors (Lipinski definition) is 2. The molecule has 0 aliphatic heterocycles. The maximum Gasteiger partial charge on any atom is 0.288 e. The van der Waals surface area contributed by atoms with Crippen molar-refractivity contribution >= 4 is 23.4 Å². The van der Waals surface area contributed by atoms with Crippen molar-refractivity contribution < 1.29 is 18.7 Å². The molecule has 0 saturated heterocycles. The molecule has 0 aliphatic carbocycles. The zero-order chi connectivity index (χ0) is 16.1. The quantitative estimate of drug-likeness (QED) is 0.806. The molecule has 1 amide bonds. The predicted molar refractivity (Wildman–Crippen MR) is 83.3 cm³/mol. The van der Waals surface area contributed by atoms with Gasteiger partial charge in [0.05, 0.1) is 6.10 Å². The third-order valence-corrected chi connectivity index (χ3v) is 3.72. The van der Waals surface area contributed by atoms with Gasteiger partial charge in [-0.05, 0) is 37.3 Å². The number of carbonyl (C=O) groups excluding carboxylic acids is 1. The minimum atomic E-state index is -2.49. The minimum Gasteiger partial charge on any atom is -0.389 e. The molecule has 2 N–H and O–H groups in total. The van der Waals surface area contributed by atoms with Gasteiger partial charge in [0, 0.05) is 21.7 Å². The fourth-order valence-electron chi connectivity index (χ4n) is 1.96. The van der Waals surface area contributed by atoms with Crippen LogP contribution < -0.4 is 5.32 Å². The summed E-state index contributed by atoms with van der Waals surface area (Å²) in [6.45, 7) is 1.61. The summed E-state index contributed by atoms with van der Waals surface area (Å²) in [6.07, 6.45) is -0.707. The van der Waals surface area contributed by atoms with E-state index in [0.717, 1.165) is 0 Å². The van der Waals surface area contributed by atoms with Gasteiger partial charge in [-0.2, -0.15) is 8.78 Å². The van der Waals surface area contributed by atoms with Crippen LogP contribution in [0.2, 0.25) is 0 Å². The third kappa shape index (κ3) is 4.29. The van der Waals surface area contributed by atoms with Crippen molar-refractivity contribution in [3.8, 4) is 0 Å². The summed E-state index contributed by atoms with van der Waals surface area (Å²) in [5.74, 6) is -2.85. The van der Waals surface area contributed by atoms with E-state index in [9.17, 15) is 18.7 Å². The van der Waals surface area contributed by atoms with E-state index in [1.54, 1.807) is 31.2 Å². The second-order valence-electron chi connectivity index (χ2n) is 4.62. The maximum absolute atomic E-state index is 12.2. The Hall–Kier alpha value is -1.92. The molecule has 0 bridgehead atoms. The average Bonchev–Trinajstić information content (AvgIpc) is 2.47. The number of anilines is 1. The number of nitrogens with one attached hydrogen (secondary N) is 1. The number of rotatable bonds is 5. The van der Waals surface area contributed by atoms with Crippen molar-refractivity contribution in [2.24, 2.45) is 0 Å². The van der Waals surface area contributed by atoms with Gasteiger partial charge in [-0.3, -0.25) is 4.79 Å². The molecule has 116 valence electrons. The number of alkyl halides is 2. The SMILES string of the molecule is CC(O)c1ccccc1NC(=O)c1ccc(SC(F)F)cc1. The highest BCUT2D eigenvalue weighted by molar-refractivity contribution is 7.99. The first-order valence-electron chi connectivity index (χ1n) is 6.60. The monoisotopic (exact) mass is 323 g/mol. The molecule has 0 heterocycles. The molecule has 2 aromatic carbocycles. The van der Waals surface area contributed by atoms with Crippen LogP contribution in [0.15, 0.2) is 53.4 Å².